The second kappa shape index (κ2) is 7.41. The minimum Gasteiger partial charge on any atom is -0.491 e. The third kappa shape index (κ3) is 3.73. The van der Waals surface area contributed by atoms with Gasteiger partial charge in [0.25, 0.3) is 0 Å². The highest BCUT2D eigenvalue weighted by Crippen LogP contribution is 2.27. The molecule has 4 rings (SSSR count). The Bertz CT molecular complexity index is 984. The highest BCUT2D eigenvalue weighted by atomic mass is 16.5. The van der Waals surface area contributed by atoms with Gasteiger partial charge in [-0.1, -0.05) is 5.21 Å². The number of rotatable bonds is 6. The van der Waals surface area contributed by atoms with Crippen molar-refractivity contribution in [3.05, 3.63) is 30.5 Å². The molecule has 0 bridgehead atoms. The lowest BCUT2D eigenvalue weighted by Crippen LogP contribution is -2.23. The highest BCUT2D eigenvalue weighted by Gasteiger charge is 2.28. The van der Waals surface area contributed by atoms with Crippen LogP contribution in [0.15, 0.2) is 30.5 Å². The van der Waals surface area contributed by atoms with Gasteiger partial charge in [0.1, 0.15) is 5.75 Å². The molecule has 0 spiro atoms. The Morgan fingerprint density at radius 2 is 2.07 bits per heavy atom. The monoisotopic (exact) mass is 381 g/mol. The standard InChI is InChI=1S/C19H23N7O2/c1-11(2)28-15-7-5-14(6-8-15)26-18-16(24-25-26)10-21-19(23-18)22-13-4-3-12(9-13)17(20)27/h5-8,10-13H,3-4,9H2,1-2H3,(H2,20,27)(H,21,22,23)/t12-,13-/m1/s1. The zero-order valence-electron chi connectivity index (χ0n) is 15.9. The van der Waals surface area contributed by atoms with Gasteiger partial charge in [-0.25, -0.2) is 4.98 Å². The van der Waals surface area contributed by atoms with E-state index >= 15 is 0 Å². The van der Waals surface area contributed by atoms with Crippen molar-refractivity contribution in [2.24, 2.45) is 11.7 Å². The van der Waals surface area contributed by atoms with Gasteiger partial charge in [-0.2, -0.15) is 9.67 Å². The summed E-state index contributed by atoms with van der Waals surface area (Å²) in [4.78, 5) is 20.3. The van der Waals surface area contributed by atoms with E-state index in [9.17, 15) is 4.79 Å². The lowest BCUT2D eigenvalue weighted by Gasteiger charge is -2.12. The van der Waals surface area contributed by atoms with E-state index in [4.69, 9.17) is 10.5 Å². The van der Waals surface area contributed by atoms with Crippen molar-refractivity contribution < 1.29 is 9.53 Å². The largest absolute Gasteiger partial charge is 0.491 e. The number of ether oxygens (including phenoxy) is 1. The molecule has 2 aromatic heterocycles. The lowest BCUT2D eigenvalue weighted by molar-refractivity contribution is -0.121. The van der Waals surface area contributed by atoms with Crippen LogP contribution in [0.2, 0.25) is 0 Å². The van der Waals surface area contributed by atoms with Crippen LogP contribution in [0.4, 0.5) is 5.95 Å². The van der Waals surface area contributed by atoms with E-state index in [2.05, 4.69) is 25.6 Å². The number of benzene rings is 1. The number of nitrogens with zero attached hydrogens (tertiary/aromatic N) is 5. The average molecular weight is 381 g/mol. The number of aromatic nitrogens is 5. The zero-order chi connectivity index (χ0) is 19.7. The first-order chi connectivity index (χ1) is 13.5. The Labute approximate surface area is 162 Å². The Morgan fingerprint density at radius 3 is 2.75 bits per heavy atom. The van der Waals surface area contributed by atoms with Crippen LogP contribution in [0, 0.1) is 5.92 Å². The Balaban J connectivity index is 1.56. The Hall–Kier alpha value is -3.23. The van der Waals surface area contributed by atoms with Crippen LogP contribution in [-0.4, -0.2) is 43.0 Å². The maximum atomic E-state index is 11.4. The summed E-state index contributed by atoms with van der Waals surface area (Å²) in [5.74, 6) is 0.962. The summed E-state index contributed by atoms with van der Waals surface area (Å²) in [6.45, 7) is 3.97. The first-order valence-corrected chi connectivity index (χ1v) is 9.41. The third-order valence-electron chi connectivity index (χ3n) is 4.81. The SMILES string of the molecule is CC(C)Oc1ccc(-n2nnc3cnc(N[C@@H]4CC[C@@H](C(N)=O)C4)nc32)cc1. The van der Waals surface area contributed by atoms with Gasteiger partial charge in [-0.15, -0.1) is 5.10 Å². The molecular formula is C19H23N7O2. The maximum absolute atomic E-state index is 11.4. The van der Waals surface area contributed by atoms with E-state index in [1.807, 2.05) is 38.1 Å². The summed E-state index contributed by atoms with van der Waals surface area (Å²) in [6.07, 6.45) is 4.11. The normalized spacial score (nSPS) is 19.2. The predicted molar refractivity (Wildman–Crippen MR) is 104 cm³/mol. The molecule has 2 atom stereocenters. The van der Waals surface area contributed by atoms with Crippen molar-refractivity contribution in [2.45, 2.75) is 45.3 Å². The lowest BCUT2D eigenvalue weighted by atomic mass is 10.1. The van der Waals surface area contributed by atoms with Crippen molar-refractivity contribution in [2.75, 3.05) is 5.32 Å². The molecule has 1 aliphatic rings. The fourth-order valence-corrected chi connectivity index (χ4v) is 3.46. The number of nitrogens with two attached hydrogens (primary N) is 1. The van der Waals surface area contributed by atoms with E-state index in [1.54, 1.807) is 10.9 Å². The van der Waals surface area contributed by atoms with Crippen molar-refractivity contribution in [3.8, 4) is 11.4 Å². The molecule has 0 saturated heterocycles. The summed E-state index contributed by atoms with van der Waals surface area (Å²) in [7, 11) is 0. The number of hydrogen-bond acceptors (Lipinski definition) is 7. The molecule has 0 aliphatic heterocycles. The predicted octanol–water partition coefficient (Wildman–Crippen LogP) is 2.06. The number of carbonyl (C=O) groups excluding carboxylic acids is 1. The summed E-state index contributed by atoms with van der Waals surface area (Å²) >= 11 is 0. The first-order valence-electron chi connectivity index (χ1n) is 9.41. The van der Waals surface area contributed by atoms with Crippen LogP contribution in [0.1, 0.15) is 33.1 Å². The van der Waals surface area contributed by atoms with Crippen molar-refractivity contribution in [1.29, 1.82) is 0 Å². The maximum Gasteiger partial charge on any atom is 0.225 e. The van der Waals surface area contributed by atoms with Crippen LogP contribution in [-0.2, 0) is 4.79 Å². The molecule has 0 unspecified atom stereocenters. The Morgan fingerprint density at radius 1 is 1.29 bits per heavy atom. The van der Waals surface area contributed by atoms with Crippen LogP contribution in [0.3, 0.4) is 0 Å². The van der Waals surface area contributed by atoms with Crippen molar-refractivity contribution in [3.63, 3.8) is 0 Å². The molecule has 3 aromatic rings. The second-order valence-electron chi connectivity index (χ2n) is 7.32. The Kier molecular flexibility index (Phi) is 4.81. The fraction of sp³-hybridized carbons (Fsp3) is 0.421. The molecule has 1 saturated carbocycles. The smallest absolute Gasteiger partial charge is 0.225 e. The molecule has 1 fully saturated rings. The van der Waals surface area contributed by atoms with E-state index in [-0.39, 0.29) is 24.0 Å². The second-order valence-corrected chi connectivity index (χ2v) is 7.32. The van der Waals surface area contributed by atoms with Gasteiger partial charge in [0.2, 0.25) is 11.9 Å². The molecular weight excluding hydrogens is 358 g/mol. The number of nitrogens with one attached hydrogen (secondary N) is 1. The van der Waals surface area contributed by atoms with Crippen LogP contribution in [0.5, 0.6) is 5.75 Å². The van der Waals surface area contributed by atoms with Crippen molar-refractivity contribution >= 4 is 23.0 Å². The number of hydrogen-bond donors (Lipinski definition) is 2. The third-order valence-corrected chi connectivity index (χ3v) is 4.81. The van der Waals surface area contributed by atoms with Gasteiger partial charge < -0.3 is 15.8 Å². The highest BCUT2D eigenvalue weighted by molar-refractivity contribution is 5.77. The molecule has 28 heavy (non-hydrogen) atoms. The van der Waals surface area contributed by atoms with E-state index < -0.39 is 0 Å². The molecule has 1 aromatic carbocycles. The van der Waals surface area contributed by atoms with Gasteiger partial charge in [-0.3, -0.25) is 4.79 Å². The number of carbonyl (C=O) groups is 1. The quantitative estimate of drug-likeness (QED) is 0.670. The minimum atomic E-state index is -0.243. The molecule has 0 radical (unpaired) electrons. The number of primary amides is 1. The zero-order valence-corrected chi connectivity index (χ0v) is 15.9. The summed E-state index contributed by atoms with van der Waals surface area (Å²) in [6, 6.07) is 7.74. The van der Waals surface area contributed by atoms with Gasteiger partial charge in [-0.05, 0) is 57.4 Å². The van der Waals surface area contributed by atoms with E-state index in [0.29, 0.717) is 23.5 Å². The first kappa shape index (κ1) is 18.1. The number of amides is 1. The fourth-order valence-electron chi connectivity index (χ4n) is 3.46. The molecule has 146 valence electrons. The number of fused-ring (bicyclic) bond motifs is 1. The summed E-state index contributed by atoms with van der Waals surface area (Å²) in [5, 5.41) is 11.6. The van der Waals surface area contributed by atoms with E-state index in [0.717, 1.165) is 24.3 Å². The molecule has 1 aliphatic carbocycles. The van der Waals surface area contributed by atoms with Crippen LogP contribution < -0.4 is 15.8 Å². The molecule has 9 nitrogen and oxygen atoms in total. The molecule has 2 heterocycles. The summed E-state index contributed by atoms with van der Waals surface area (Å²) in [5.41, 5.74) is 7.46. The summed E-state index contributed by atoms with van der Waals surface area (Å²) < 4.78 is 7.35. The van der Waals surface area contributed by atoms with E-state index in [1.165, 1.54) is 0 Å². The minimum absolute atomic E-state index is 0.0833. The van der Waals surface area contributed by atoms with Gasteiger partial charge >= 0.3 is 0 Å². The van der Waals surface area contributed by atoms with Crippen LogP contribution >= 0.6 is 0 Å². The molecule has 3 N–H and O–H groups in total. The average Bonchev–Trinajstić information content (AvgIpc) is 3.29. The molecule has 1 amide bonds. The number of anilines is 1. The van der Waals surface area contributed by atoms with Gasteiger partial charge in [0, 0.05) is 12.0 Å². The van der Waals surface area contributed by atoms with Crippen molar-refractivity contribution in [1.82, 2.24) is 25.0 Å². The topological polar surface area (TPSA) is 121 Å². The van der Waals surface area contributed by atoms with Crippen LogP contribution in [0.25, 0.3) is 16.9 Å². The molecule has 9 heteroatoms. The van der Waals surface area contributed by atoms with Gasteiger partial charge in [0.15, 0.2) is 11.2 Å². The van der Waals surface area contributed by atoms with Gasteiger partial charge in [0.05, 0.1) is 18.0 Å².